The summed E-state index contributed by atoms with van der Waals surface area (Å²) in [5.41, 5.74) is 6.61. The van der Waals surface area contributed by atoms with E-state index >= 15 is 0 Å². The smallest absolute Gasteiger partial charge is 0.173 e. The van der Waals surface area contributed by atoms with Crippen molar-refractivity contribution in [1.82, 2.24) is 4.98 Å². The number of hydrogen-bond acceptors (Lipinski definition) is 5. The lowest BCUT2D eigenvalue weighted by atomic mass is 9.99. The second-order valence-electron chi connectivity index (χ2n) is 7.97. The summed E-state index contributed by atoms with van der Waals surface area (Å²) in [4.78, 5) is 17.8. The Kier molecular flexibility index (Phi) is 7.10. The lowest BCUT2D eigenvalue weighted by Crippen LogP contribution is -2.06. The first-order valence-corrected chi connectivity index (χ1v) is 11.9. The number of carbonyl (C=O) groups is 1. The van der Waals surface area contributed by atoms with Crippen molar-refractivity contribution in [2.24, 2.45) is 0 Å². The molecule has 3 aromatic carbocycles. The molecule has 0 radical (unpaired) electrons. The molecule has 0 spiro atoms. The molecule has 0 saturated carbocycles. The van der Waals surface area contributed by atoms with Gasteiger partial charge in [0.15, 0.2) is 5.78 Å². The van der Waals surface area contributed by atoms with Crippen LogP contribution in [-0.4, -0.2) is 23.6 Å². The van der Waals surface area contributed by atoms with Crippen LogP contribution in [0.4, 0.5) is 0 Å². The molecule has 34 heavy (non-hydrogen) atoms. The fourth-order valence-electron chi connectivity index (χ4n) is 3.83. The minimum atomic E-state index is 0.0179. The Hall–Kier alpha value is -3.88. The minimum absolute atomic E-state index is 0.0179. The van der Waals surface area contributed by atoms with Crippen LogP contribution in [0, 0.1) is 25.2 Å². The summed E-state index contributed by atoms with van der Waals surface area (Å²) in [5.74, 6) is 0.962. The molecular weight excluding hydrogens is 440 g/mol. The third-order valence-corrected chi connectivity index (χ3v) is 6.57. The number of ether oxygens (including phenoxy) is 1. The first-order valence-electron chi connectivity index (χ1n) is 10.9. The second-order valence-corrected chi connectivity index (χ2v) is 8.94. The van der Waals surface area contributed by atoms with Crippen molar-refractivity contribution >= 4 is 17.5 Å². The maximum atomic E-state index is 13.0. The van der Waals surface area contributed by atoms with Crippen LogP contribution in [0.15, 0.2) is 83.9 Å². The van der Waals surface area contributed by atoms with Gasteiger partial charge in [0.25, 0.3) is 0 Å². The van der Waals surface area contributed by atoms with E-state index in [0.717, 1.165) is 39.3 Å². The number of thioether (sulfide) groups is 1. The maximum absolute atomic E-state index is 13.0. The number of methoxy groups -OCH3 is 1. The molecule has 0 N–H and O–H groups in total. The van der Waals surface area contributed by atoms with Crippen molar-refractivity contribution < 1.29 is 9.53 Å². The number of hydrogen-bond donors (Lipinski definition) is 0. The van der Waals surface area contributed by atoms with E-state index < -0.39 is 0 Å². The van der Waals surface area contributed by atoms with Gasteiger partial charge in [-0.2, -0.15) is 5.26 Å². The van der Waals surface area contributed by atoms with Crippen molar-refractivity contribution in [3.63, 3.8) is 0 Å². The molecule has 4 aromatic rings. The normalized spacial score (nSPS) is 10.5. The first-order chi connectivity index (χ1) is 16.5. The van der Waals surface area contributed by atoms with Crippen molar-refractivity contribution in [2.45, 2.75) is 18.9 Å². The number of carbonyl (C=O) groups excluding carboxylic acids is 1. The van der Waals surface area contributed by atoms with Crippen LogP contribution in [0.3, 0.4) is 0 Å². The van der Waals surface area contributed by atoms with Gasteiger partial charge in [0.1, 0.15) is 16.8 Å². The van der Waals surface area contributed by atoms with Crippen LogP contribution in [0.2, 0.25) is 0 Å². The van der Waals surface area contributed by atoms with Crippen molar-refractivity contribution in [1.29, 1.82) is 5.26 Å². The van der Waals surface area contributed by atoms with Crippen molar-refractivity contribution in [2.75, 3.05) is 12.9 Å². The summed E-state index contributed by atoms with van der Waals surface area (Å²) < 4.78 is 5.28. The highest BCUT2D eigenvalue weighted by molar-refractivity contribution is 8.00. The largest absolute Gasteiger partial charge is 0.497 e. The number of Topliss-reactive ketones (excluding diaryl/α,β-unsaturated/α-hetero) is 1. The zero-order valence-electron chi connectivity index (χ0n) is 19.3. The first kappa shape index (κ1) is 23.3. The molecular formula is C29H24N2O2S. The molecule has 1 aromatic heterocycles. The lowest BCUT2D eigenvalue weighted by molar-refractivity contribution is 0.102. The van der Waals surface area contributed by atoms with Gasteiger partial charge in [-0.1, -0.05) is 78.0 Å². The van der Waals surface area contributed by atoms with Gasteiger partial charge in [-0.3, -0.25) is 4.79 Å². The number of aromatic nitrogens is 1. The summed E-state index contributed by atoms with van der Waals surface area (Å²) in [7, 11) is 1.62. The zero-order valence-corrected chi connectivity index (χ0v) is 20.1. The van der Waals surface area contributed by atoms with E-state index in [1.54, 1.807) is 7.11 Å². The highest BCUT2D eigenvalue weighted by Gasteiger charge is 2.18. The summed E-state index contributed by atoms with van der Waals surface area (Å²) in [6.07, 6.45) is 0. The number of ketones is 1. The summed E-state index contributed by atoms with van der Waals surface area (Å²) in [6, 6.07) is 27.5. The average molecular weight is 465 g/mol. The van der Waals surface area contributed by atoms with Gasteiger partial charge >= 0.3 is 0 Å². The maximum Gasteiger partial charge on any atom is 0.173 e. The van der Waals surface area contributed by atoms with E-state index in [2.05, 4.69) is 6.07 Å². The Morgan fingerprint density at radius 3 is 2.35 bits per heavy atom. The van der Waals surface area contributed by atoms with Crippen LogP contribution in [0.5, 0.6) is 5.75 Å². The molecule has 1 heterocycles. The average Bonchev–Trinajstić information content (AvgIpc) is 2.87. The second kappa shape index (κ2) is 10.4. The zero-order chi connectivity index (χ0) is 24.1. The SMILES string of the molecule is COc1ccc(-c2cc(-c3ccccc3)nc(SCC(=O)c3ccc(C)cc3C)c2C#N)cc1. The Labute approximate surface area is 204 Å². The standard InChI is InChI=1S/C29H24N2O2S/c1-19-9-14-24(20(2)15-19)28(32)18-34-29-26(17-30)25(21-10-12-23(33-3)13-11-21)16-27(31-29)22-7-5-4-6-8-22/h4-16H,18H2,1-3H3. The molecule has 0 aliphatic heterocycles. The van der Waals surface area contributed by atoms with Gasteiger partial charge < -0.3 is 4.74 Å². The van der Waals surface area contributed by atoms with Gasteiger partial charge in [0, 0.05) is 16.7 Å². The molecule has 0 fully saturated rings. The quantitative estimate of drug-likeness (QED) is 0.220. The number of pyridine rings is 1. The third kappa shape index (κ3) is 5.03. The summed E-state index contributed by atoms with van der Waals surface area (Å²) in [6.45, 7) is 3.95. The number of nitriles is 1. The van der Waals surface area contributed by atoms with Gasteiger partial charge in [0.2, 0.25) is 0 Å². The van der Waals surface area contributed by atoms with E-state index in [4.69, 9.17) is 9.72 Å². The van der Waals surface area contributed by atoms with Crippen LogP contribution in [-0.2, 0) is 0 Å². The topological polar surface area (TPSA) is 63.0 Å². The van der Waals surface area contributed by atoms with E-state index in [1.807, 2.05) is 92.7 Å². The van der Waals surface area contributed by atoms with Gasteiger partial charge in [-0.05, 0) is 43.2 Å². The van der Waals surface area contributed by atoms with Crippen molar-refractivity contribution in [3.8, 4) is 34.2 Å². The van der Waals surface area contributed by atoms with Gasteiger partial charge in [-0.15, -0.1) is 0 Å². The Morgan fingerprint density at radius 1 is 0.971 bits per heavy atom. The fourth-order valence-corrected chi connectivity index (χ4v) is 4.71. The number of benzene rings is 3. The molecule has 0 saturated heterocycles. The van der Waals surface area contributed by atoms with E-state index in [9.17, 15) is 10.1 Å². The molecule has 0 amide bonds. The number of rotatable bonds is 7. The van der Waals surface area contributed by atoms with E-state index in [0.29, 0.717) is 16.2 Å². The summed E-state index contributed by atoms with van der Waals surface area (Å²) in [5, 5.41) is 10.6. The molecule has 0 unspecified atom stereocenters. The highest BCUT2D eigenvalue weighted by Crippen LogP contribution is 2.35. The highest BCUT2D eigenvalue weighted by atomic mass is 32.2. The van der Waals surface area contributed by atoms with E-state index in [1.165, 1.54) is 11.8 Å². The van der Waals surface area contributed by atoms with Crippen LogP contribution >= 0.6 is 11.8 Å². The molecule has 0 aliphatic carbocycles. The van der Waals surface area contributed by atoms with Crippen LogP contribution in [0.1, 0.15) is 27.0 Å². The molecule has 5 heteroatoms. The summed E-state index contributed by atoms with van der Waals surface area (Å²) >= 11 is 1.30. The molecule has 4 rings (SSSR count). The van der Waals surface area contributed by atoms with Crippen LogP contribution in [0.25, 0.3) is 22.4 Å². The molecule has 0 aliphatic rings. The van der Waals surface area contributed by atoms with Gasteiger partial charge in [-0.25, -0.2) is 4.98 Å². The molecule has 4 nitrogen and oxygen atoms in total. The van der Waals surface area contributed by atoms with Crippen LogP contribution < -0.4 is 4.74 Å². The van der Waals surface area contributed by atoms with Gasteiger partial charge in [0.05, 0.1) is 24.1 Å². The monoisotopic (exact) mass is 464 g/mol. The fraction of sp³-hybridized carbons (Fsp3) is 0.138. The predicted molar refractivity (Wildman–Crippen MR) is 137 cm³/mol. The third-order valence-electron chi connectivity index (χ3n) is 5.59. The minimum Gasteiger partial charge on any atom is -0.497 e. The predicted octanol–water partition coefficient (Wildman–Crippen LogP) is 6.89. The Bertz CT molecular complexity index is 1370. The number of nitrogens with zero attached hydrogens (tertiary/aromatic N) is 2. The molecule has 0 bridgehead atoms. The number of aryl methyl sites for hydroxylation is 2. The lowest BCUT2D eigenvalue weighted by Gasteiger charge is -2.13. The van der Waals surface area contributed by atoms with E-state index in [-0.39, 0.29) is 11.5 Å². The molecule has 0 atom stereocenters. The van der Waals surface area contributed by atoms with Crippen molar-refractivity contribution in [3.05, 3.63) is 101 Å². The Balaban J connectivity index is 1.75. The Morgan fingerprint density at radius 2 is 1.71 bits per heavy atom. The molecule has 168 valence electrons.